The Kier molecular flexibility index (Phi) is 2.51. The van der Waals surface area contributed by atoms with Crippen LogP contribution in [0.5, 0.6) is 0 Å². The Morgan fingerprint density at radius 3 is 2.00 bits per heavy atom. The van der Waals surface area contributed by atoms with E-state index in [-0.39, 0.29) is 6.08 Å². The van der Waals surface area contributed by atoms with Crippen molar-refractivity contribution in [2.75, 3.05) is 6.61 Å². The van der Waals surface area contributed by atoms with Gasteiger partial charge in [0.25, 0.3) is 0 Å². The van der Waals surface area contributed by atoms with Gasteiger partial charge >= 0.3 is 6.18 Å². The lowest BCUT2D eigenvalue weighted by Gasteiger charge is -2.02. The summed E-state index contributed by atoms with van der Waals surface area (Å²) in [6.07, 6.45) is -4.46. The lowest BCUT2D eigenvalue weighted by atomic mass is 10.4. The minimum Gasteiger partial charge on any atom is -0.504 e. The molecular weight excluding hydrogens is 137 g/mol. The second kappa shape index (κ2) is 2.72. The summed E-state index contributed by atoms with van der Waals surface area (Å²) < 4.78 is 33.6. The molecule has 0 saturated carbocycles. The molecule has 0 heterocycles. The van der Waals surface area contributed by atoms with Crippen molar-refractivity contribution in [3.63, 3.8) is 0 Å². The first-order valence-corrected chi connectivity index (χ1v) is 2.05. The maximum Gasteiger partial charge on any atom is 0.448 e. The fourth-order valence-electron chi connectivity index (χ4n) is 0.202. The van der Waals surface area contributed by atoms with Gasteiger partial charge < -0.3 is 10.2 Å². The number of aliphatic hydroxyl groups is 2. The zero-order valence-corrected chi connectivity index (χ0v) is 4.31. The summed E-state index contributed by atoms with van der Waals surface area (Å²) in [6.45, 7) is -0.814. The van der Waals surface area contributed by atoms with Crippen LogP contribution in [-0.4, -0.2) is 23.0 Å². The molecule has 0 amide bonds. The molecule has 0 rings (SSSR count). The Morgan fingerprint density at radius 2 is 1.89 bits per heavy atom. The van der Waals surface area contributed by atoms with Crippen LogP contribution < -0.4 is 0 Å². The normalized spacial score (nSPS) is 14.0. The Bertz CT molecular complexity index is 115. The third-order valence-corrected chi connectivity index (χ3v) is 0.575. The molecule has 0 fully saturated rings. The van der Waals surface area contributed by atoms with Crippen LogP contribution in [0.3, 0.4) is 0 Å². The summed E-state index contributed by atoms with van der Waals surface area (Å²) in [5.41, 5.74) is 0. The molecule has 2 nitrogen and oxygen atoms in total. The SMILES string of the molecule is OC/C=C(/O)C(F)(F)F. The highest BCUT2D eigenvalue weighted by Gasteiger charge is 2.33. The molecule has 0 atom stereocenters. The fraction of sp³-hybridized carbons (Fsp3) is 0.500. The quantitative estimate of drug-likeness (QED) is 0.536. The first-order valence-electron chi connectivity index (χ1n) is 2.05. The second-order valence-corrected chi connectivity index (χ2v) is 1.27. The van der Waals surface area contributed by atoms with Crippen LogP contribution in [0.2, 0.25) is 0 Å². The van der Waals surface area contributed by atoms with Gasteiger partial charge in [-0.1, -0.05) is 0 Å². The summed E-state index contributed by atoms with van der Waals surface area (Å²) >= 11 is 0. The molecule has 0 aliphatic heterocycles. The maximum atomic E-state index is 11.2. The zero-order chi connectivity index (χ0) is 7.49. The minimum absolute atomic E-state index is 0.278. The van der Waals surface area contributed by atoms with Crippen molar-refractivity contribution in [1.82, 2.24) is 0 Å². The fourth-order valence-corrected chi connectivity index (χ4v) is 0.202. The molecule has 0 bridgehead atoms. The largest absolute Gasteiger partial charge is 0.504 e. The number of hydrogen-bond acceptors (Lipinski definition) is 2. The van der Waals surface area contributed by atoms with Crippen molar-refractivity contribution < 1.29 is 23.4 Å². The highest BCUT2D eigenvalue weighted by molar-refractivity contribution is 4.97. The van der Waals surface area contributed by atoms with Crippen LogP contribution >= 0.6 is 0 Å². The van der Waals surface area contributed by atoms with E-state index in [1.165, 1.54) is 0 Å². The van der Waals surface area contributed by atoms with E-state index in [0.717, 1.165) is 0 Å². The van der Waals surface area contributed by atoms with Crippen LogP contribution in [0.15, 0.2) is 11.8 Å². The summed E-state index contributed by atoms with van der Waals surface area (Å²) in [4.78, 5) is 0. The molecule has 9 heavy (non-hydrogen) atoms. The Labute approximate surface area is 49.2 Å². The first kappa shape index (κ1) is 8.29. The van der Waals surface area contributed by atoms with Gasteiger partial charge in [0.15, 0.2) is 5.76 Å². The van der Waals surface area contributed by atoms with E-state index in [2.05, 4.69) is 0 Å². The Morgan fingerprint density at radius 1 is 1.44 bits per heavy atom. The topological polar surface area (TPSA) is 40.5 Å². The lowest BCUT2D eigenvalue weighted by molar-refractivity contribution is -0.121. The summed E-state index contributed by atoms with van der Waals surface area (Å²) in [5, 5.41) is 15.8. The number of rotatable bonds is 1. The molecule has 0 aliphatic carbocycles. The number of alkyl halides is 3. The van der Waals surface area contributed by atoms with E-state index in [0.29, 0.717) is 0 Å². The van der Waals surface area contributed by atoms with Gasteiger partial charge in [0, 0.05) is 0 Å². The van der Waals surface area contributed by atoms with Crippen molar-refractivity contribution in [3.05, 3.63) is 11.8 Å². The lowest BCUT2D eigenvalue weighted by Crippen LogP contribution is -2.11. The molecule has 54 valence electrons. The zero-order valence-electron chi connectivity index (χ0n) is 4.31. The molecule has 0 saturated heterocycles. The summed E-state index contributed by atoms with van der Waals surface area (Å²) in [7, 11) is 0. The highest BCUT2D eigenvalue weighted by atomic mass is 19.4. The number of halogens is 3. The second-order valence-electron chi connectivity index (χ2n) is 1.27. The maximum absolute atomic E-state index is 11.2. The van der Waals surface area contributed by atoms with E-state index < -0.39 is 18.5 Å². The minimum atomic E-state index is -4.73. The van der Waals surface area contributed by atoms with Crippen molar-refractivity contribution in [1.29, 1.82) is 0 Å². The van der Waals surface area contributed by atoms with Gasteiger partial charge in [0.1, 0.15) is 0 Å². The third kappa shape index (κ3) is 2.97. The summed E-state index contributed by atoms with van der Waals surface area (Å²) in [5.74, 6) is -1.76. The van der Waals surface area contributed by atoms with Crippen LogP contribution in [0.1, 0.15) is 0 Å². The van der Waals surface area contributed by atoms with Gasteiger partial charge in [-0.05, 0) is 6.08 Å². The monoisotopic (exact) mass is 142 g/mol. The molecule has 5 heteroatoms. The van der Waals surface area contributed by atoms with Gasteiger partial charge in [0.2, 0.25) is 0 Å². The van der Waals surface area contributed by atoms with E-state index in [4.69, 9.17) is 10.2 Å². The molecular formula is C4H5F3O2. The number of allylic oxidation sites excluding steroid dienone is 1. The summed E-state index contributed by atoms with van der Waals surface area (Å²) in [6, 6.07) is 0. The molecule has 0 radical (unpaired) electrons. The highest BCUT2D eigenvalue weighted by Crippen LogP contribution is 2.22. The predicted octanol–water partition coefficient (Wildman–Crippen LogP) is 0.983. The molecule has 0 aromatic rings. The number of hydrogen-bond donors (Lipinski definition) is 2. The van der Waals surface area contributed by atoms with Crippen LogP contribution in [-0.2, 0) is 0 Å². The molecule has 2 N–H and O–H groups in total. The molecule has 0 aliphatic rings. The van der Waals surface area contributed by atoms with Crippen LogP contribution in [0.25, 0.3) is 0 Å². The molecule has 0 aromatic carbocycles. The van der Waals surface area contributed by atoms with Crippen molar-refractivity contribution in [2.45, 2.75) is 6.18 Å². The van der Waals surface area contributed by atoms with Gasteiger partial charge in [0.05, 0.1) is 6.61 Å². The van der Waals surface area contributed by atoms with E-state index in [9.17, 15) is 13.2 Å². The van der Waals surface area contributed by atoms with Gasteiger partial charge in [-0.15, -0.1) is 0 Å². The molecule has 0 unspecified atom stereocenters. The van der Waals surface area contributed by atoms with Crippen LogP contribution in [0, 0.1) is 0 Å². The average molecular weight is 142 g/mol. The predicted molar refractivity (Wildman–Crippen MR) is 23.9 cm³/mol. The Balaban J connectivity index is 4.03. The average Bonchev–Trinajstić information content (AvgIpc) is 1.64. The van der Waals surface area contributed by atoms with Gasteiger partial charge in [-0.3, -0.25) is 0 Å². The standard InChI is InChI=1S/C4H5F3O2/c5-4(6,7)3(9)1-2-8/h1,8-9H,2H2/b3-1+. The van der Waals surface area contributed by atoms with Crippen molar-refractivity contribution >= 4 is 0 Å². The van der Waals surface area contributed by atoms with Crippen molar-refractivity contribution in [3.8, 4) is 0 Å². The Hall–Kier alpha value is -0.710. The smallest absolute Gasteiger partial charge is 0.448 e. The van der Waals surface area contributed by atoms with Crippen molar-refractivity contribution in [2.24, 2.45) is 0 Å². The van der Waals surface area contributed by atoms with Gasteiger partial charge in [-0.2, -0.15) is 13.2 Å². The van der Waals surface area contributed by atoms with Gasteiger partial charge in [-0.25, -0.2) is 0 Å². The third-order valence-electron chi connectivity index (χ3n) is 0.575. The molecule has 0 aromatic heterocycles. The van der Waals surface area contributed by atoms with Crippen LogP contribution in [0.4, 0.5) is 13.2 Å². The van der Waals surface area contributed by atoms with E-state index in [1.54, 1.807) is 0 Å². The first-order chi connectivity index (χ1) is 3.98. The number of aliphatic hydroxyl groups excluding tert-OH is 2. The molecule has 0 spiro atoms. The van der Waals surface area contributed by atoms with E-state index in [1.807, 2.05) is 0 Å². The van der Waals surface area contributed by atoms with E-state index >= 15 is 0 Å².